The number of aryl methyl sites for hydroxylation is 1. The van der Waals surface area contributed by atoms with E-state index in [1.807, 2.05) is 18.4 Å². The first-order valence-corrected chi connectivity index (χ1v) is 6.10. The molecule has 0 aliphatic heterocycles. The Morgan fingerprint density at radius 1 is 1.73 bits per heavy atom. The number of hydrogen-bond donors (Lipinski definition) is 2. The van der Waals surface area contributed by atoms with Gasteiger partial charge >= 0.3 is 0 Å². The fourth-order valence-corrected chi connectivity index (χ4v) is 2.20. The molecule has 0 spiro atoms. The summed E-state index contributed by atoms with van der Waals surface area (Å²) in [5.41, 5.74) is 5.40. The molecule has 0 bridgehead atoms. The van der Waals surface area contributed by atoms with E-state index in [-0.39, 0.29) is 11.9 Å². The summed E-state index contributed by atoms with van der Waals surface area (Å²) < 4.78 is 0. The summed E-state index contributed by atoms with van der Waals surface area (Å²) in [6.45, 7) is 2.36. The third kappa shape index (κ3) is 4.64. The summed E-state index contributed by atoms with van der Waals surface area (Å²) in [5.74, 6) is 0.0393. The van der Waals surface area contributed by atoms with E-state index in [1.54, 1.807) is 11.3 Å². The lowest BCUT2D eigenvalue weighted by Gasteiger charge is -2.10. The molecule has 1 rings (SSSR count). The minimum absolute atomic E-state index is 0.0393. The molecule has 0 saturated heterocycles. The van der Waals surface area contributed by atoms with Crippen molar-refractivity contribution in [2.75, 3.05) is 6.54 Å². The van der Waals surface area contributed by atoms with Crippen LogP contribution < -0.4 is 11.1 Å². The van der Waals surface area contributed by atoms with Crippen molar-refractivity contribution in [2.45, 2.75) is 25.8 Å². The first-order valence-electron chi connectivity index (χ1n) is 4.84. The summed E-state index contributed by atoms with van der Waals surface area (Å²) >= 11 is 7.36. The van der Waals surface area contributed by atoms with Crippen LogP contribution in [0.15, 0.2) is 11.4 Å². The molecule has 84 valence electrons. The van der Waals surface area contributed by atoms with Gasteiger partial charge in [0.05, 0.1) is 5.02 Å². The first kappa shape index (κ1) is 12.5. The van der Waals surface area contributed by atoms with Gasteiger partial charge in [0, 0.05) is 29.3 Å². The largest absolute Gasteiger partial charge is 0.352 e. The normalized spacial score (nSPS) is 12.5. The second kappa shape index (κ2) is 6.10. The van der Waals surface area contributed by atoms with E-state index in [4.69, 9.17) is 17.3 Å². The van der Waals surface area contributed by atoms with E-state index in [0.29, 0.717) is 13.0 Å². The predicted octanol–water partition coefficient (Wildman–Crippen LogP) is 1.80. The zero-order chi connectivity index (χ0) is 11.3. The van der Waals surface area contributed by atoms with Crippen LogP contribution in [0.1, 0.15) is 18.2 Å². The first-order chi connectivity index (χ1) is 7.11. The number of rotatable bonds is 5. The Bertz CT molecular complexity index is 327. The Kier molecular flexibility index (Phi) is 5.08. The molecule has 1 amide bonds. The van der Waals surface area contributed by atoms with Crippen LogP contribution in [0.2, 0.25) is 5.02 Å². The SMILES string of the molecule is C[C@H](CN)NC(=O)CCc1cc(Cl)cs1. The van der Waals surface area contributed by atoms with Crippen molar-refractivity contribution in [3.05, 3.63) is 21.3 Å². The van der Waals surface area contributed by atoms with Gasteiger partial charge in [-0.15, -0.1) is 11.3 Å². The molecule has 1 aromatic heterocycles. The molecule has 0 aliphatic carbocycles. The van der Waals surface area contributed by atoms with Gasteiger partial charge in [-0.2, -0.15) is 0 Å². The zero-order valence-electron chi connectivity index (χ0n) is 8.63. The van der Waals surface area contributed by atoms with Crippen molar-refractivity contribution in [1.29, 1.82) is 0 Å². The summed E-state index contributed by atoms with van der Waals surface area (Å²) in [7, 11) is 0. The minimum Gasteiger partial charge on any atom is -0.352 e. The highest BCUT2D eigenvalue weighted by molar-refractivity contribution is 7.10. The molecule has 0 radical (unpaired) electrons. The summed E-state index contributed by atoms with van der Waals surface area (Å²) in [6, 6.07) is 1.94. The summed E-state index contributed by atoms with van der Waals surface area (Å²) in [5, 5.41) is 5.43. The van der Waals surface area contributed by atoms with Gasteiger partial charge in [-0.1, -0.05) is 11.6 Å². The molecule has 3 nitrogen and oxygen atoms in total. The van der Waals surface area contributed by atoms with Crippen molar-refractivity contribution >= 4 is 28.8 Å². The van der Waals surface area contributed by atoms with Crippen LogP contribution in [0.4, 0.5) is 0 Å². The van der Waals surface area contributed by atoms with Crippen LogP contribution >= 0.6 is 22.9 Å². The number of amides is 1. The molecule has 15 heavy (non-hydrogen) atoms. The Balaban J connectivity index is 2.28. The number of nitrogens with one attached hydrogen (secondary N) is 1. The number of carbonyl (C=O) groups is 1. The Labute approximate surface area is 98.6 Å². The van der Waals surface area contributed by atoms with Gasteiger partial charge < -0.3 is 11.1 Å². The van der Waals surface area contributed by atoms with Crippen LogP contribution in [-0.4, -0.2) is 18.5 Å². The van der Waals surface area contributed by atoms with Gasteiger partial charge in [0.1, 0.15) is 0 Å². The summed E-state index contributed by atoms with van der Waals surface area (Å²) in [4.78, 5) is 12.5. The van der Waals surface area contributed by atoms with Crippen LogP contribution in [-0.2, 0) is 11.2 Å². The highest BCUT2D eigenvalue weighted by Crippen LogP contribution is 2.20. The van der Waals surface area contributed by atoms with E-state index >= 15 is 0 Å². The lowest BCUT2D eigenvalue weighted by Crippen LogP contribution is -2.37. The Morgan fingerprint density at radius 2 is 2.47 bits per heavy atom. The molecule has 1 atom stereocenters. The Hall–Kier alpha value is -0.580. The van der Waals surface area contributed by atoms with Crippen LogP contribution in [0.25, 0.3) is 0 Å². The highest BCUT2D eigenvalue weighted by Gasteiger charge is 2.06. The monoisotopic (exact) mass is 246 g/mol. The van der Waals surface area contributed by atoms with Crippen molar-refractivity contribution < 1.29 is 4.79 Å². The maximum absolute atomic E-state index is 11.4. The molecule has 1 aromatic rings. The minimum atomic E-state index is 0.0393. The molecule has 3 N–H and O–H groups in total. The van der Waals surface area contributed by atoms with Crippen molar-refractivity contribution in [3.63, 3.8) is 0 Å². The number of thiophene rings is 1. The van der Waals surface area contributed by atoms with Crippen LogP contribution in [0, 0.1) is 0 Å². The van der Waals surface area contributed by atoms with Crippen LogP contribution in [0.3, 0.4) is 0 Å². The molecule has 5 heteroatoms. The second-order valence-electron chi connectivity index (χ2n) is 3.44. The Morgan fingerprint density at radius 3 is 3.00 bits per heavy atom. The quantitative estimate of drug-likeness (QED) is 0.833. The van der Waals surface area contributed by atoms with E-state index in [2.05, 4.69) is 5.32 Å². The smallest absolute Gasteiger partial charge is 0.220 e. The number of hydrogen-bond acceptors (Lipinski definition) is 3. The molecule has 0 fully saturated rings. The lowest BCUT2D eigenvalue weighted by molar-refractivity contribution is -0.121. The zero-order valence-corrected chi connectivity index (χ0v) is 10.2. The highest BCUT2D eigenvalue weighted by atomic mass is 35.5. The summed E-state index contributed by atoms with van der Waals surface area (Å²) in [6.07, 6.45) is 1.22. The third-order valence-electron chi connectivity index (χ3n) is 1.98. The van der Waals surface area contributed by atoms with Gasteiger partial charge in [0.15, 0.2) is 0 Å². The number of carbonyl (C=O) groups excluding carboxylic acids is 1. The predicted molar refractivity (Wildman–Crippen MR) is 64.3 cm³/mol. The third-order valence-corrected chi connectivity index (χ3v) is 3.33. The average Bonchev–Trinajstić information content (AvgIpc) is 2.61. The molecule has 0 aliphatic rings. The van der Waals surface area contributed by atoms with Gasteiger partial charge in [0.2, 0.25) is 5.91 Å². The molecule has 0 saturated carbocycles. The maximum atomic E-state index is 11.4. The van der Waals surface area contributed by atoms with Crippen molar-refractivity contribution in [2.24, 2.45) is 5.73 Å². The lowest BCUT2D eigenvalue weighted by atomic mass is 10.2. The van der Waals surface area contributed by atoms with Crippen molar-refractivity contribution in [3.8, 4) is 0 Å². The average molecular weight is 247 g/mol. The van der Waals surface area contributed by atoms with E-state index in [9.17, 15) is 4.79 Å². The fraction of sp³-hybridized carbons (Fsp3) is 0.500. The van der Waals surface area contributed by atoms with E-state index in [1.165, 1.54) is 0 Å². The molecular weight excluding hydrogens is 232 g/mol. The second-order valence-corrected chi connectivity index (χ2v) is 4.87. The topological polar surface area (TPSA) is 55.1 Å². The fourth-order valence-electron chi connectivity index (χ4n) is 1.13. The van der Waals surface area contributed by atoms with E-state index in [0.717, 1.165) is 16.3 Å². The number of halogens is 1. The molecular formula is C10H15ClN2OS. The standard InChI is InChI=1S/C10H15ClN2OS/c1-7(5-12)13-10(14)3-2-9-4-8(11)6-15-9/h4,6-7H,2-3,5,12H2,1H3,(H,13,14)/t7-/m1/s1. The van der Waals surface area contributed by atoms with Gasteiger partial charge in [-0.05, 0) is 19.4 Å². The number of nitrogens with two attached hydrogens (primary N) is 1. The van der Waals surface area contributed by atoms with Crippen LogP contribution in [0.5, 0.6) is 0 Å². The molecule has 0 unspecified atom stereocenters. The van der Waals surface area contributed by atoms with Gasteiger partial charge in [-0.25, -0.2) is 0 Å². The maximum Gasteiger partial charge on any atom is 0.220 e. The molecule has 0 aromatic carbocycles. The van der Waals surface area contributed by atoms with Crippen molar-refractivity contribution in [1.82, 2.24) is 5.32 Å². The molecule has 1 heterocycles. The van der Waals surface area contributed by atoms with E-state index < -0.39 is 0 Å². The van der Waals surface area contributed by atoms with Gasteiger partial charge in [0.25, 0.3) is 0 Å². The van der Waals surface area contributed by atoms with Gasteiger partial charge in [-0.3, -0.25) is 4.79 Å².